The second-order valence-electron chi connectivity index (χ2n) is 8.37. The molecule has 8 nitrogen and oxygen atoms in total. The Bertz CT molecular complexity index is 1270. The van der Waals surface area contributed by atoms with Gasteiger partial charge in [-0.2, -0.15) is 0 Å². The number of aromatic carboxylic acids is 1. The summed E-state index contributed by atoms with van der Waals surface area (Å²) < 4.78 is 23.6. The minimum atomic E-state index is -1.35. The summed E-state index contributed by atoms with van der Waals surface area (Å²) in [5.74, 6) is -1.67. The van der Waals surface area contributed by atoms with Crippen LogP contribution in [0.4, 0.5) is 10.1 Å². The molecule has 1 saturated heterocycles. The molecular weight excluding hydrogens is 415 g/mol. The van der Waals surface area contributed by atoms with Crippen molar-refractivity contribution in [3.63, 3.8) is 0 Å². The number of nitrogens with zero attached hydrogens (tertiary/aromatic N) is 4. The summed E-state index contributed by atoms with van der Waals surface area (Å²) >= 11 is 0. The molecular formula is C23H23FN4O4. The topological polar surface area (TPSA) is 87.9 Å². The molecule has 4 heterocycles. The normalized spacial score (nSPS) is 20.9. The van der Waals surface area contributed by atoms with Gasteiger partial charge in [-0.15, -0.1) is 0 Å². The van der Waals surface area contributed by atoms with Crippen LogP contribution in [0.15, 0.2) is 41.6 Å². The lowest BCUT2D eigenvalue weighted by Gasteiger charge is -2.39. The van der Waals surface area contributed by atoms with Crippen LogP contribution in [0.3, 0.4) is 0 Å². The minimum Gasteiger partial charge on any atom is -0.479 e. The van der Waals surface area contributed by atoms with Gasteiger partial charge in [-0.3, -0.25) is 9.78 Å². The second-order valence-corrected chi connectivity index (χ2v) is 8.37. The number of benzene rings is 1. The first kappa shape index (κ1) is 20.4. The van der Waals surface area contributed by atoms with Gasteiger partial charge in [0.1, 0.15) is 17.4 Å². The highest BCUT2D eigenvalue weighted by Gasteiger charge is 2.36. The number of likely N-dealkylation sites (N-methyl/N-ethyl adjacent to an activating group) is 1. The summed E-state index contributed by atoms with van der Waals surface area (Å²) in [7, 11) is 2.01. The van der Waals surface area contributed by atoms with E-state index in [1.54, 1.807) is 23.0 Å². The zero-order valence-electron chi connectivity index (χ0n) is 17.8. The maximum absolute atomic E-state index is 15.5. The van der Waals surface area contributed by atoms with Crippen molar-refractivity contribution in [2.75, 3.05) is 38.1 Å². The Balaban J connectivity index is 1.79. The first-order valence-electron chi connectivity index (χ1n) is 10.5. The molecule has 0 bridgehead atoms. The number of anilines is 1. The molecule has 1 aromatic carbocycles. The number of aromatic nitrogens is 2. The molecule has 2 aliphatic rings. The quantitative estimate of drug-likeness (QED) is 0.673. The number of hydrogen-bond acceptors (Lipinski definition) is 6. The Morgan fingerprint density at radius 1 is 1.28 bits per heavy atom. The van der Waals surface area contributed by atoms with Crippen molar-refractivity contribution in [3.05, 3.63) is 64.0 Å². The predicted octanol–water partition coefficient (Wildman–Crippen LogP) is 2.68. The van der Waals surface area contributed by atoms with E-state index >= 15 is 4.39 Å². The van der Waals surface area contributed by atoms with Crippen LogP contribution in [-0.4, -0.2) is 58.8 Å². The van der Waals surface area contributed by atoms with E-state index < -0.39 is 28.9 Å². The summed E-state index contributed by atoms with van der Waals surface area (Å²) in [6.07, 6.45) is 4.15. The van der Waals surface area contributed by atoms with Gasteiger partial charge in [-0.1, -0.05) is 6.07 Å². The maximum atomic E-state index is 15.5. The SMILES string of the molecule is C[C@H]1C(c2cccnc2)Oc2c(N3CCN(C)CC3)c(F)cc3c(=O)c(C(=O)O)cn1c23. The van der Waals surface area contributed by atoms with Crippen molar-refractivity contribution >= 4 is 22.6 Å². The third kappa shape index (κ3) is 3.12. The van der Waals surface area contributed by atoms with Crippen LogP contribution in [0.1, 0.15) is 35.0 Å². The first-order chi connectivity index (χ1) is 15.4. The molecule has 1 unspecified atom stereocenters. The van der Waals surface area contributed by atoms with Crippen molar-refractivity contribution in [3.8, 4) is 5.75 Å². The van der Waals surface area contributed by atoms with Gasteiger partial charge in [0.05, 0.1) is 16.9 Å². The van der Waals surface area contributed by atoms with Crippen LogP contribution in [0.5, 0.6) is 5.75 Å². The molecule has 3 aromatic rings. The van der Waals surface area contributed by atoms with E-state index in [1.807, 2.05) is 24.9 Å². The van der Waals surface area contributed by atoms with Gasteiger partial charge < -0.3 is 24.2 Å². The van der Waals surface area contributed by atoms with Gasteiger partial charge in [0.25, 0.3) is 0 Å². The Hall–Kier alpha value is -3.46. The predicted molar refractivity (Wildman–Crippen MR) is 117 cm³/mol. The number of carboxylic acids is 1. The number of halogens is 1. The molecule has 2 aromatic heterocycles. The number of rotatable bonds is 3. The molecule has 1 fully saturated rings. The van der Waals surface area contributed by atoms with Crippen LogP contribution in [0, 0.1) is 5.82 Å². The molecule has 166 valence electrons. The Labute approximate surface area is 183 Å². The molecule has 2 aliphatic heterocycles. The van der Waals surface area contributed by atoms with E-state index in [2.05, 4.69) is 9.88 Å². The lowest BCUT2D eigenvalue weighted by Crippen LogP contribution is -2.45. The standard InChI is InChI=1S/C23H23FN4O4/c1-13-21(14-4-3-5-25-11-14)32-22-18-15(20(29)16(23(30)31)12-28(13)18)10-17(24)19(22)27-8-6-26(2)7-9-27/h3-5,10-13,21H,6-9H2,1-2H3,(H,30,31)/t13-,21?/m0/s1. The molecule has 0 aliphatic carbocycles. The average molecular weight is 438 g/mol. The van der Waals surface area contributed by atoms with Crippen LogP contribution in [0.25, 0.3) is 10.9 Å². The maximum Gasteiger partial charge on any atom is 0.341 e. The highest BCUT2D eigenvalue weighted by Crippen LogP contribution is 2.47. The zero-order chi connectivity index (χ0) is 22.6. The van der Waals surface area contributed by atoms with Crippen molar-refractivity contribution in [1.82, 2.24) is 14.5 Å². The Morgan fingerprint density at radius 2 is 2.03 bits per heavy atom. The summed E-state index contributed by atoms with van der Waals surface area (Å²) in [5, 5.41) is 9.60. The summed E-state index contributed by atoms with van der Waals surface area (Å²) in [6, 6.07) is 4.46. The minimum absolute atomic E-state index is 0.00626. The molecule has 0 spiro atoms. The monoisotopic (exact) mass is 438 g/mol. The molecule has 0 saturated carbocycles. The summed E-state index contributed by atoms with van der Waals surface area (Å²) in [5.41, 5.74) is 0.395. The van der Waals surface area contributed by atoms with E-state index in [1.165, 1.54) is 6.20 Å². The van der Waals surface area contributed by atoms with Crippen molar-refractivity contribution in [2.45, 2.75) is 19.1 Å². The van der Waals surface area contributed by atoms with Gasteiger partial charge in [0, 0.05) is 50.3 Å². The molecule has 2 atom stereocenters. The number of ether oxygens (including phenoxy) is 1. The number of pyridine rings is 2. The largest absolute Gasteiger partial charge is 0.479 e. The Morgan fingerprint density at radius 3 is 2.69 bits per heavy atom. The fourth-order valence-electron chi connectivity index (χ4n) is 4.62. The van der Waals surface area contributed by atoms with Crippen LogP contribution in [-0.2, 0) is 0 Å². The van der Waals surface area contributed by atoms with Gasteiger partial charge in [0.15, 0.2) is 11.6 Å². The number of carboxylic acid groups (broad SMARTS) is 1. The average Bonchev–Trinajstić information content (AvgIpc) is 2.78. The molecule has 9 heteroatoms. The summed E-state index contributed by atoms with van der Waals surface area (Å²) in [4.78, 5) is 32.9. The van der Waals surface area contributed by atoms with Crippen LogP contribution < -0.4 is 15.1 Å². The molecule has 0 amide bonds. The molecule has 0 radical (unpaired) electrons. The van der Waals surface area contributed by atoms with Gasteiger partial charge in [0.2, 0.25) is 5.43 Å². The van der Waals surface area contributed by atoms with Crippen molar-refractivity contribution in [2.24, 2.45) is 0 Å². The number of hydrogen-bond donors (Lipinski definition) is 1. The first-order valence-corrected chi connectivity index (χ1v) is 10.5. The highest BCUT2D eigenvalue weighted by molar-refractivity contribution is 5.97. The van der Waals surface area contributed by atoms with Gasteiger partial charge in [-0.25, -0.2) is 9.18 Å². The van der Waals surface area contributed by atoms with Gasteiger partial charge >= 0.3 is 5.97 Å². The lowest BCUT2D eigenvalue weighted by atomic mass is 9.99. The third-order valence-corrected chi connectivity index (χ3v) is 6.38. The molecule has 32 heavy (non-hydrogen) atoms. The summed E-state index contributed by atoms with van der Waals surface area (Å²) in [6.45, 7) is 4.64. The van der Waals surface area contributed by atoms with Crippen molar-refractivity contribution in [1.29, 1.82) is 0 Å². The number of piperazine rings is 1. The fourth-order valence-corrected chi connectivity index (χ4v) is 4.62. The number of carbonyl (C=O) groups is 1. The van der Waals surface area contributed by atoms with E-state index in [4.69, 9.17) is 4.74 Å². The van der Waals surface area contributed by atoms with E-state index in [-0.39, 0.29) is 17.2 Å². The van der Waals surface area contributed by atoms with E-state index in [9.17, 15) is 14.7 Å². The fraction of sp³-hybridized carbons (Fsp3) is 0.348. The van der Waals surface area contributed by atoms with Crippen LogP contribution >= 0.6 is 0 Å². The molecule has 5 rings (SSSR count). The zero-order valence-corrected chi connectivity index (χ0v) is 17.8. The molecule has 1 N–H and O–H groups in total. The highest BCUT2D eigenvalue weighted by atomic mass is 19.1. The Kier molecular flexibility index (Phi) is 4.85. The van der Waals surface area contributed by atoms with Crippen molar-refractivity contribution < 1.29 is 19.0 Å². The van der Waals surface area contributed by atoms with E-state index in [0.717, 1.165) is 24.7 Å². The second kappa shape index (κ2) is 7.59. The third-order valence-electron chi connectivity index (χ3n) is 6.38. The lowest BCUT2D eigenvalue weighted by molar-refractivity contribution is 0.0693. The smallest absolute Gasteiger partial charge is 0.341 e. The van der Waals surface area contributed by atoms with Crippen LogP contribution in [0.2, 0.25) is 0 Å². The van der Waals surface area contributed by atoms with Gasteiger partial charge in [-0.05, 0) is 26.1 Å². The van der Waals surface area contributed by atoms with E-state index in [0.29, 0.717) is 24.3 Å².